The first-order valence-electron chi connectivity index (χ1n) is 9.36. The number of aryl methyl sites for hydroxylation is 1. The lowest BCUT2D eigenvalue weighted by molar-refractivity contribution is 0.0705. The van der Waals surface area contributed by atoms with Crippen molar-refractivity contribution in [2.24, 2.45) is 0 Å². The van der Waals surface area contributed by atoms with Gasteiger partial charge in [0.05, 0.1) is 6.20 Å². The average molecular weight is 338 g/mol. The van der Waals surface area contributed by atoms with Crippen molar-refractivity contribution < 1.29 is 4.79 Å². The number of hydrogen-bond donors (Lipinski definition) is 1. The van der Waals surface area contributed by atoms with Crippen LogP contribution in [0.2, 0.25) is 0 Å². The summed E-state index contributed by atoms with van der Waals surface area (Å²) in [6, 6.07) is 8.17. The molecule has 4 rings (SSSR count). The van der Waals surface area contributed by atoms with E-state index in [1.807, 2.05) is 23.2 Å². The molecule has 25 heavy (non-hydrogen) atoms. The average Bonchev–Trinajstić information content (AvgIpc) is 3.33. The summed E-state index contributed by atoms with van der Waals surface area (Å²) in [5.41, 5.74) is 4.40. The van der Waals surface area contributed by atoms with Gasteiger partial charge in [0, 0.05) is 49.0 Å². The van der Waals surface area contributed by atoms with Crippen LogP contribution in [0.25, 0.3) is 0 Å². The van der Waals surface area contributed by atoms with E-state index in [2.05, 4.69) is 34.2 Å². The van der Waals surface area contributed by atoms with Crippen LogP contribution in [-0.4, -0.2) is 47.2 Å². The van der Waals surface area contributed by atoms with Crippen molar-refractivity contribution in [3.8, 4) is 0 Å². The second-order valence-electron chi connectivity index (χ2n) is 7.30. The number of anilines is 1. The fourth-order valence-corrected chi connectivity index (χ4v) is 4.14. The Morgan fingerprint density at radius 2 is 1.88 bits per heavy atom. The maximum Gasteiger partial charge on any atom is 0.253 e. The van der Waals surface area contributed by atoms with Gasteiger partial charge in [-0.3, -0.25) is 9.89 Å². The lowest BCUT2D eigenvalue weighted by Gasteiger charge is -2.32. The highest BCUT2D eigenvalue weighted by Crippen LogP contribution is 2.28. The van der Waals surface area contributed by atoms with Gasteiger partial charge in [0.15, 0.2) is 0 Å². The highest BCUT2D eigenvalue weighted by atomic mass is 16.2. The van der Waals surface area contributed by atoms with Crippen LogP contribution in [0.1, 0.15) is 53.2 Å². The van der Waals surface area contributed by atoms with E-state index in [-0.39, 0.29) is 5.91 Å². The zero-order valence-corrected chi connectivity index (χ0v) is 14.9. The van der Waals surface area contributed by atoms with Crippen molar-refractivity contribution >= 4 is 11.6 Å². The summed E-state index contributed by atoms with van der Waals surface area (Å²) >= 11 is 0. The maximum absolute atomic E-state index is 12.9. The van der Waals surface area contributed by atoms with Crippen molar-refractivity contribution in [1.29, 1.82) is 0 Å². The third kappa shape index (κ3) is 3.28. The summed E-state index contributed by atoms with van der Waals surface area (Å²) in [6.07, 6.45) is 6.56. The molecule has 5 nitrogen and oxygen atoms in total. The van der Waals surface area contributed by atoms with Crippen LogP contribution >= 0.6 is 0 Å². The number of amides is 1. The molecule has 0 spiro atoms. The molecule has 1 N–H and O–H groups in total. The Balaban J connectivity index is 1.45. The van der Waals surface area contributed by atoms with Gasteiger partial charge in [0.1, 0.15) is 0 Å². The molecule has 0 radical (unpaired) electrons. The predicted molar refractivity (Wildman–Crippen MR) is 99.1 cm³/mol. The number of rotatable bonds is 3. The number of nitrogens with zero attached hydrogens (tertiary/aromatic N) is 3. The maximum atomic E-state index is 12.9. The Bertz CT molecular complexity index is 730. The summed E-state index contributed by atoms with van der Waals surface area (Å²) in [5, 5.41) is 7.26. The molecule has 5 heteroatoms. The molecule has 0 bridgehead atoms. The molecule has 1 aromatic carbocycles. The van der Waals surface area contributed by atoms with Crippen LogP contribution < -0.4 is 4.90 Å². The topological polar surface area (TPSA) is 52.2 Å². The predicted octanol–water partition coefficient (Wildman–Crippen LogP) is 3.34. The Hall–Kier alpha value is -2.30. The molecule has 2 fully saturated rings. The molecule has 1 aromatic heterocycles. The second kappa shape index (κ2) is 6.90. The standard InChI is InChI=1S/C20H26N4O/c1-15-13-21-22-19(15)17-5-4-12-24(14-17)20(25)16-6-8-18(9-7-16)23-10-2-3-11-23/h6-9,13,17H,2-5,10-12,14H2,1H3,(H,21,22). The first-order valence-corrected chi connectivity index (χ1v) is 9.36. The third-order valence-corrected chi connectivity index (χ3v) is 5.57. The van der Waals surface area contributed by atoms with Crippen LogP contribution in [0, 0.1) is 6.92 Å². The molecular weight excluding hydrogens is 312 g/mol. The molecule has 1 amide bonds. The van der Waals surface area contributed by atoms with Crippen molar-refractivity contribution in [3.63, 3.8) is 0 Å². The summed E-state index contributed by atoms with van der Waals surface area (Å²) in [4.78, 5) is 17.3. The van der Waals surface area contributed by atoms with Crippen LogP contribution in [0.15, 0.2) is 30.5 Å². The number of piperidine rings is 1. The van der Waals surface area contributed by atoms with Crippen molar-refractivity contribution in [2.75, 3.05) is 31.1 Å². The van der Waals surface area contributed by atoms with Gasteiger partial charge in [-0.15, -0.1) is 0 Å². The van der Waals surface area contributed by atoms with Crippen molar-refractivity contribution in [3.05, 3.63) is 47.3 Å². The molecule has 0 aliphatic carbocycles. The lowest BCUT2D eigenvalue weighted by Crippen LogP contribution is -2.39. The fraction of sp³-hybridized carbons (Fsp3) is 0.500. The van der Waals surface area contributed by atoms with Crippen LogP contribution in [0.3, 0.4) is 0 Å². The third-order valence-electron chi connectivity index (χ3n) is 5.57. The molecule has 2 saturated heterocycles. The second-order valence-corrected chi connectivity index (χ2v) is 7.30. The van der Waals surface area contributed by atoms with Gasteiger partial charge >= 0.3 is 0 Å². The van der Waals surface area contributed by atoms with E-state index in [0.717, 1.165) is 44.6 Å². The number of likely N-dealkylation sites (tertiary alicyclic amines) is 1. The van der Waals surface area contributed by atoms with E-state index in [1.165, 1.54) is 29.8 Å². The van der Waals surface area contributed by atoms with E-state index in [4.69, 9.17) is 0 Å². The molecule has 132 valence electrons. The SMILES string of the molecule is Cc1cn[nH]c1C1CCCN(C(=O)c2ccc(N3CCCC3)cc2)C1. The smallest absolute Gasteiger partial charge is 0.253 e. The minimum atomic E-state index is 0.148. The van der Waals surface area contributed by atoms with Gasteiger partial charge in [-0.05, 0) is 62.4 Å². The molecule has 2 aromatic rings. The van der Waals surface area contributed by atoms with E-state index in [1.54, 1.807) is 0 Å². The molecule has 2 aliphatic rings. The number of aromatic amines is 1. The van der Waals surface area contributed by atoms with E-state index in [9.17, 15) is 4.79 Å². The molecule has 1 unspecified atom stereocenters. The summed E-state index contributed by atoms with van der Waals surface area (Å²) < 4.78 is 0. The van der Waals surface area contributed by atoms with E-state index >= 15 is 0 Å². The zero-order valence-electron chi connectivity index (χ0n) is 14.9. The summed E-state index contributed by atoms with van der Waals surface area (Å²) in [5.74, 6) is 0.513. The quantitative estimate of drug-likeness (QED) is 0.934. The molecule has 0 saturated carbocycles. The molecule has 1 atom stereocenters. The number of aromatic nitrogens is 2. The first kappa shape index (κ1) is 16.2. The fourth-order valence-electron chi connectivity index (χ4n) is 4.14. The van der Waals surface area contributed by atoms with Crippen LogP contribution in [0.4, 0.5) is 5.69 Å². The van der Waals surface area contributed by atoms with Gasteiger partial charge in [-0.1, -0.05) is 0 Å². The first-order chi connectivity index (χ1) is 12.2. The molecule has 3 heterocycles. The Morgan fingerprint density at radius 1 is 1.12 bits per heavy atom. The van der Waals surface area contributed by atoms with Crippen molar-refractivity contribution in [1.82, 2.24) is 15.1 Å². The largest absolute Gasteiger partial charge is 0.372 e. The Morgan fingerprint density at radius 3 is 2.56 bits per heavy atom. The normalized spacial score (nSPS) is 20.9. The van der Waals surface area contributed by atoms with E-state index < -0.39 is 0 Å². The Kier molecular flexibility index (Phi) is 4.47. The van der Waals surface area contributed by atoms with Gasteiger partial charge < -0.3 is 9.80 Å². The number of carbonyl (C=O) groups is 1. The minimum absolute atomic E-state index is 0.148. The number of benzene rings is 1. The number of carbonyl (C=O) groups excluding carboxylic acids is 1. The van der Waals surface area contributed by atoms with Crippen LogP contribution in [-0.2, 0) is 0 Å². The number of H-pyrrole nitrogens is 1. The van der Waals surface area contributed by atoms with Gasteiger partial charge in [0.2, 0.25) is 0 Å². The number of nitrogens with one attached hydrogen (secondary N) is 1. The summed E-state index contributed by atoms with van der Waals surface area (Å²) in [6.45, 7) is 5.96. The molecular formula is C20H26N4O. The lowest BCUT2D eigenvalue weighted by atomic mass is 9.92. The van der Waals surface area contributed by atoms with Gasteiger partial charge in [0.25, 0.3) is 5.91 Å². The highest BCUT2D eigenvalue weighted by molar-refractivity contribution is 5.94. The van der Waals surface area contributed by atoms with Gasteiger partial charge in [-0.2, -0.15) is 5.10 Å². The minimum Gasteiger partial charge on any atom is -0.372 e. The Labute approximate surface area is 149 Å². The summed E-state index contributed by atoms with van der Waals surface area (Å²) in [7, 11) is 0. The van der Waals surface area contributed by atoms with E-state index in [0.29, 0.717) is 5.92 Å². The van der Waals surface area contributed by atoms with Gasteiger partial charge in [-0.25, -0.2) is 0 Å². The highest BCUT2D eigenvalue weighted by Gasteiger charge is 2.27. The number of hydrogen-bond acceptors (Lipinski definition) is 3. The van der Waals surface area contributed by atoms with Crippen LogP contribution in [0.5, 0.6) is 0 Å². The zero-order chi connectivity index (χ0) is 17.2. The molecule has 2 aliphatic heterocycles. The monoisotopic (exact) mass is 338 g/mol. The van der Waals surface area contributed by atoms with Crippen molar-refractivity contribution in [2.45, 2.75) is 38.5 Å².